The molecule has 0 bridgehead atoms. The highest BCUT2D eigenvalue weighted by molar-refractivity contribution is 5.47. The van der Waals surface area contributed by atoms with E-state index in [1.165, 1.54) is 0 Å². The first-order valence-electron chi connectivity index (χ1n) is 4.48. The molecule has 5 N–H and O–H groups in total. The number of hydrogen-bond donors (Lipinski definition) is 3. The topological polar surface area (TPSA) is 72.3 Å². The van der Waals surface area contributed by atoms with Crippen LogP contribution in [-0.4, -0.2) is 11.7 Å². The van der Waals surface area contributed by atoms with Gasteiger partial charge in [0.1, 0.15) is 0 Å². The van der Waals surface area contributed by atoms with Gasteiger partial charge in [0.25, 0.3) is 0 Å². The molecule has 1 atom stereocenters. The van der Waals surface area contributed by atoms with Gasteiger partial charge >= 0.3 is 0 Å². The molecule has 0 fully saturated rings. The molecule has 0 radical (unpaired) electrons. The van der Waals surface area contributed by atoms with E-state index in [9.17, 15) is 5.11 Å². The second-order valence-electron chi connectivity index (χ2n) is 3.08. The van der Waals surface area contributed by atoms with Crippen LogP contribution in [0, 0.1) is 0 Å². The summed E-state index contributed by atoms with van der Waals surface area (Å²) in [5.74, 6) is 0. The summed E-state index contributed by atoms with van der Waals surface area (Å²) in [7, 11) is 0. The minimum atomic E-state index is -0.482. The molecule has 1 rings (SSSR count). The second kappa shape index (κ2) is 4.84. The first-order chi connectivity index (χ1) is 6.25. The van der Waals surface area contributed by atoms with Gasteiger partial charge in [-0.1, -0.05) is 18.2 Å². The van der Waals surface area contributed by atoms with Crippen molar-refractivity contribution in [2.45, 2.75) is 18.9 Å². The number of anilines is 1. The van der Waals surface area contributed by atoms with Crippen LogP contribution in [0.25, 0.3) is 0 Å². The van der Waals surface area contributed by atoms with Crippen LogP contribution in [0.3, 0.4) is 0 Å². The van der Waals surface area contributed by atoms with Crippen LogP contribution in [0.15, 0.2) is 24.3 Å². The van der Waals surface area contributed by atoms with E-state index in [1.54, 1.807) is 6.07 Å². The molecular formula is C10H16N2O. The van der Waals surface area contributed by atoms with Gasteiger partial charge in [0, 0.05) is 11.3 Å². The van der Waals surface area contributed by atoms with E-state index in [0.29, 0.717) is 18.7 Å². The minimum Gasteiger partial charge on any atom is -0.398 e. The summed E-state index contributed by atoms with van der Waals surface area (Å²) in [6.07, 6.45) is 1.00. The highest BCUT2D eigenvalue weighted by atomic mass is 16.3. The largest absolute Gasteiger partial charge is 0.398 e. The Kier molecular flexibility index (Phi) is 3.73. The predicted molar refractivity (Wildman–Crippen MR) is 54.1 cm³/mol. The molecule has 1 unspecified atom stereocenters. The van der Waals surface area contributed by atoms with E-state index in [2.05, 4.69) is 0 Å². The van der Waals surface area contributed by atoms with E-state index in [4.69, 9.17) is 11.5 Å². The molecule has 0 aliphatic carbocycles. The summed E-state index contributed by atoms with van der Waals surface area (Å²) in [6.45, 7) is 0.601. The van der Waals surface area contributed by atoms with Crippen molar-refractivity contribution < 1.29 is 5.11 Å². The molecule has 13 heavy (non-hydrogen) atoms. The van der Waals surface area contributed by atoms with Gasteiger partial charge in [-0.2, -0.15) is 0 Å². The normalized spacial score (nSPS) is 12.8. The number of aliphatic hydroxyl groups is 1. The molecule has 3 heteroatoms. The molecule has 1 aromatic carbocycles. The van der Waals surface area contributed by atoms with Crippen LogP contribution >= 0.6 is 0 Å². The van der Waals surface area contributed by atoms with Crippen molar-refractivity contribution in [3.05, 3.63) is 29.8 Å². The van der Waals surface area contributed by atoms with Crippen LogP contribution in [0.2, 0.25) is 0 Å². The molecular weight excluding hydrogens is 164 g/mol. The van der Waals surface area contributed by atoms with Crippen LogP contribution in [-0.2, 0) is 0 Å². The number of aliphatic hydroxyl groups excluding tert-OH is 1. The third-order valence-electron chi connectivity index (χ3n) is 2.04. The van der Waals surface area contributed by atoms with Crippen LogP contribution in [0.5, 0.6) is 0 Å². The van der Waals surface area contributed by atoms with Crippen molar-refractivity contribution in [1.82, 2.24) is 0 Å². The highest BCUT2D eigenvalue weighted by Crippen LogP contribution is 2.23. The van der Waals surface area contributed by atoms with Crippen LogP contribution < -0.4 is 11.5 Å². The zero-order valence-electron chi connectivity index (χ0n) is 7.61. The van der Waals surface area contributed by atoms with Gasteiger partial charge < -0.3 is 16.6 Å². The van der Waals surface area contributed by atoms with Crippen molar-refractivity contribution in [2.24, 2.45) is 5.73 Å². The third kappa shape index (κ3) is 2.72. The Labute approximate surface area is 78.4 Å². The molecule has 1 aromatic rings. The van der Waals surface area contributed by atoms with Crippen LogP contribution in [0.1, 0.15) is 24.5 Å². The van der Waals surface area contributed by atoms with Gasteiger partial charge in [0.05, 0.1) is 6.10 Å². The quantitative estimate of drug-likeness (QED) is 0.606. The molecule has 0 heterocycles. The average molecular weight is 180 g/mol. The highest BCUT2D eigenvalue weighted by Gasteiger charge is 2.08. The molecule has 3 nitrogen and oxygen atoms in total. The van der Waals surface area contributed by atoms with Gasteiger partial charge in [0.15, 0.2) is 0 Å². The average Bonchev–Trinajstić information content (AvgIpc) is 2.15. The first-order valence-corrected chi connectivity index (χ1v) is 4.48. The number of para-hydroxylation sites is 1. The smallest absolute Gasteiger partial charge is 0.0810 e. The van der Waals surface area contributed by atoms with Crippen molar-refractivity contribution in [1.29, 1.82) is 0 Å². The fourth-order valence-corrected chi connectivity index (χ4v) is 1.28. The summed E-state index contributed by atoms with van der Waals surface area (Å²) >= 11 is 0. The van der Waals surface area contributed by atoms with Gasteiger partial charge in [-0.3, -0.25) is 0 Å². The van der Waals surface area contributed by atoms with E-state index in [-0.39, 0.29) is 0 Å². The molecule has 0 aliphatic rings. The lowest BCUT2D eigenvalue weighted by Crippen LogP contribution is -2.05. The Morgan fingerprint density at radius 3 is 2.62 bits per heavy atom. The molecule has 72 valence electrons. The van der Waals surface area contributed by atoms with Crippen molar-refractivity contribution in [3.63, 3.8) is 0 Å². The molecule has 0 aromatic heterocycles. The molecule has 0 aliphatic heterocycles. The maximum atomic E-state index is 9.70. The van der Waals surface area contributed by atoms with Gasteiger partial charge in [0.2, 0.25) is 0 Å². The van der Waals surface area contributed by atoms with Gasteiger partial charge in [-0.25, -0.2) is 0 Å². The standard InChI is InChI=1S/C10H16N2O/c11-7-3-6-10(13)8-4-1-2-5-9(8)12/h1-2,4-5,10,13H,3,6-7,11-12H2. The summed E-state index contributed by atoms with van der Waals surface area (Å²) in [6, 6.07) is 7.36. The maximum Gasteiger partial charge on any atom is 0.0810 e. The SMILES string of the molecule is NCCCC(O)c1ccccc1N. The van der Waals surface area contributed by atoms with E-state index in [0.717, 1.165) is 12.0 Å². The Morgan fingerprint density at radius 1 is 1.31 bits per heavy atom. The van der Waals surface area contributed by atoms with Crippen LogP contribution in [0.4, 0.5) is 5.69 Å². The first kappa shape index (κ1) is 10.0. The Balaban J connectivity index is 2.65. The summed E-state index contributed by atoms with van der Waals surface area (Å²) in [5.41, 5.74) is 12.5. The zero-order chi connectivity index (χ0) is 9.68. The minimum absolute atomic E-state index is 0.482. The molecule has 0 spiro atoms. The fourth-order valence-electron chi connectivity index (χ4n) is 1.28. The number of nitrogen functional groups attached to an aromatic ring is 1. The lowest BCUT2D eigenvalue weighted by molar-refractivity contribution is 0.166. The van der Waals surface area contributed by atoms with E-state index in [1.807, 2.05) is 18.2 Å². The number of hydrogen-bond acceptors (Lipinski definition) is 3. The van der Waals surface area contributed by atoms with E-state index < -0.39 is 6.10 Å². The summed E-state index contributed by atoms with van der Waals surface area (Å²) in [4.78, 5) is 0. The number of nitrogens with two attached hydrogens (primary N) is 2. The van der Waals surface area contributed by atoms with Gasteiger partial charge in [-0.15, -0.1) is 0 Å². The lowest BCUT2D eigenvalue weighted by atomic mass is 10.0. The fraction of sp³-hybridized carbons (Fsp3) is 0.400. The third-order valence-corrected chi connectivity index (χ3v) is 2.04. The number of rotatable bonds is 4. The predicted octanol–water partition coefficient (Wildman–Crippen LogP) is 1.04. The summed E-state index contributed by atoms with van der Waals surface area (Å²) in [5, 5.41) is 9.70. The van der Waals surface area contributed by atoms with E-state index >= 15 is 0 Å². The van der Waals surface area contributed by atoms with Gasteiger partial charge in [-0.05, 0) is 25.5 Å². The molecule has 0 saturated carbocycles. The van der Waals surface area contributed by atoms with Crippen molar-refractivity contribution in [3.8, 4) is 0 Å². The molecule has 0 amide bonds. The molecule has 0 saturated heterocycles. The monoisotopic (exact) mass is 180 g/mol. The Hall–Kier alpha value is -1.06. The van der Waals surface area contributed by atoms with Crippen molar-refractivity contribution >= 4 is 5.69 Å². The zero-order valence-corrected chi connectivity index (χ0v) is 7.61. The second-order valence-corrected chi connectivity index (χ2v) is 3.08. The van der Waals surface area contributed by atoms with Crippen molar-refractivity contribution in [2.75, 3.05) is 12.3 Å². The number of benzene rings is 1. The Bertz CT molecular complexity index is 263. The maximum absolute atomic E-state index is 9.70. The summed E-state index contributed by atoms with van der Waals surface area (Å²) < 4.78 is 0. The Morgan fingerprint density at radius 2 is 2.00 bits per heavy atom. The lowest BCUT2D eigenvalue weighted by Gasteiger charge is -2.12.